The van der Waals surface area contributed by atoms with Gasteiger partial charge in [0.1, 0.15) is 6.33 Å². The maximum atomic E-state index is 12.6. The van der Waals surface area contributed by atoms with Crippen LogP contribution in [0.15, 0.2) is 53.9 Å². The first kappa shape index (κ1) is 18.5. The lowest BCUT2D eigenvalue weighted by molar-refractivity contribution is -0.115. The maximum absolute atomic E-state index is 12.6. The van der Waals surface area contributed by atoms with Crippen molar-refractivity contribution in [3.63, 3.8) is 0 Å². The van der Waals surface area contributed by atoms with Crippen LogP contribution in [0.4, 0.5) is 5.69 Å². The average Bonchev–Trinajstić information content (AvgIpc) is 3.07. The Morgan fingerprint density at radius 2 is 1.96 bits per heavy atom. The zero-order valence-corrected chi connectivity index (χ0v) is 16.3. The zero-order valence-electron chi connectivity index (χ0n) is 14.7. The number of nitrogens with one attached hydrogen (secondary N) is 1. The molecule has 1 aromatic heterocycles. The molecule has 0 bridgehead atoms. The molecule has 0 saturated carbocycles. The lowest BCUT2D eigenvalue weighted by atomic mass is 10.2. The first-order valence-electron chi connectivity index (χ1n) is 8.16. The molecule has 134 valence electrons. The van der Waals surface area contributed by atoms with Crippen LogP contribution in [0.1, 0.15) is 18.1 Å². The Kier molecular flexibility index (Phi) is 5.64. The first-order valence-corrected chi connectivity index (χ1v) is 9.42. The number of para-hydroxylation sites is 1. The maximum Gasteiger partial charge on any atom is 0.237 e. The van der Waals surface area contributed by atoms with E-state index in [0.29, 0.717) is 10.2 Å². The molecule has 1 N–H and O–H groups in total. The van der Waals surface area contributed by atoms with Crippen LogP contribution in [0, 0.1) is 13.8 Å². The molecule has 0 fully saturated rings. The number of amides is 1. The fourth-order valence-corrected chi connectivity index (χ4v) is 3.50. The van der Waals surface area contributed by atoms with Crippen LogP contribution in [0.25, 0.3) is 5.69 Å². The summed E-state index contributed by atoms with van der Waals surface area (Å²) in [5, 5.41) is 12.1. The fraction of sp³-hybridized carbons (Fsp3) is 0.211. The van der Waals surface area contributed by atoms with Gasteiger partial charge in [-0.1, -0.05) is 47.6 Å². The highest BCUT2D eigenvalue weighted by molar-refractivity contribution is 8.00. The Labute approximate surface area is 161 Å². The summed E-state index contributed by atoms with van der Waals surface area (Å²) >= 11 is 7.48. The first-order chi connectivity index (χ1) is 12.5. The summed E-state index contributed by atoms with van der Waals surface area (Å²) in [6, 6.07) is 13.4. The van der Waals surface area contributed by atoms with Crippen molar-refractivity contribution in [1.29, 1.82) is 0 Å². The van der Waals surface area contributed by atoms with Gasteiger partial charge in [0.15, 0.2) is 5.16 Å². The van der Waals surface area contributed by atoms with Crippen molar-refractivity contribution < 1.29 is 4.79 Å². The third kappa shape index (κ3) is 3.92. The summed E-state index contributed by atoms with van der Waals surface area (Å²) in [5.74, 6) is -0.111. The molecule has 1 atom stereocenters. The SMILES string of the molecule is Cc1ccccc1-n1cnnc1SC(C)C(=O)Nc1cccc(Cl)c1C. The highest BCUT2D eigenvalue weighted by Crippen LogP contribution is 2.27. The predicted octanol–water partition coefficient (Wildman–Crippen LogP) is 4.66. The number of thioether (sulfide) groups is 1. The van der Waals surface area contributed by atoms with E-state index in [2.05, 4.69) is 15.5 Å². The minimum absolute atomic E-state index is 0.111. The van der Waals surface area contributed by atoms with Crippen molar-refractivity contribution in [3.8, 4) is 5.69 Å². The second-order valence-corrected chi connectivity index (χ2v) is 7.65. The average molecular weight is 387 g/mol. The van der Waals surface area contributed by atoms with E-state index in [9.17, 15) is 4.79 Å². The van der Waals surface area contributed by atoms with Crippen LogP contribution in [-0.2, 0) is 4.79 Å². The Morgan fingerprint density at radius 3 is 2.73 bits per heavy atom. The van der Waals surface area contributed by atoms with Gasteiger partial charge in [0, 0.05) is 10.7 Å². The molecular weight excluding hydrogens is 368 g/mol. The Balaban J connectivity index is 1.76. The molecule has 3 rings (SSSR count). The lowest BCUT2D eigenvalue weighted by Gasteiger charge is -2.15. The van der Waals surface area contributed by atoms with Gasteiger partial charge in [0.25, 0.3) is 0 Å². The van der Waals surface area contributed by atoms with Crippen LogP contribution in [0.5, 0.6) is 0 Å². The highest BCUT2D eigenvalue weighted by atomic mass is 35.5. The van der Waals surface area contributed by atoms with Crippen molar-refractivity contribution >= 4 is 35.0 Å². The molecule has 0 aliphatic carbocycles. The van der Waals surface area contributed by atoms with Crippen molar-refractivity contribution in [2.24, 2.45) is 0 Å². The lowest BCUT2D eigenvalue weighted by Crippen LogP contribution is -2.23. The summed E-state index contributed by atoms with van der Waals surface area (Å²) in [7, 11) is 0. The number of aromatic nitrogens is 3. The number of hydrogen-bond donors (Lipinski definition) is 1. The molecule has 1 heterocycles. The molecule has 1 amide bonds. The van der Waals surface area contributed by atoms with E-state index >= 15 is 0 Å². The van der Waals surface area contributed by atoms with Crippen LogP contribution in [0.3, 0.4) is 0 Å². The predicted molar refractivity (Wildman–Crippen MR) is 106 cm³/mol. The third-order valence-corrected chi connectivity index (χ3v) is 5.53. The van der Waals surface area contributed by atoms with Gasteiger partial charge in [-0.15, -0.1) is 10.2 Å². The minimum Gasteiger partial charge on any atom is -0.325 e. The van der Waals surface area contributed by atoms with Gasteiger partial charge in [0.2, 0.25) is 5.91 Å². The summed E-state index contributed by atoms with van der Waals surface area (Å²) in [5.41, 5.74) is 3.68. The highest BCUT2D eigenvalue weighted by Gasteiger charge is 2.19. The van der Waals surface area contributed by atoms with E-state index in [0.717, 1.165) is 22.5 Å². The Bertz CT molecular complexity index is 941. The van der Waals surface area contributed by atoms with Gasteiger partial charge >= 0.3 is 0 Å². The second kappa shape index (κ2) is 7.93. The van der Waals surface area contributed by atoms with Crippen LogP contribution in [-0.4, -0.2) is 25.9 Å². The summed E-state index contributed by atoms with van der Waals surface area (Å²) < 4.78 is 1.90. The normalized spacial score (nSPS) is 12.0. The second-order valence-electron chi connectivity index (χ2n) is 5.93. The van der Waals surface area contributed by atoms with Gasteiger partial charge in [-0.3, -0.25) is 9.36 Å². The molecule has 26 heavy (non-hydrogen) atoms. The Hall–Kier alpha value is -2.31. The number of benzene rings is 2. The number of hydrogen-bond acceptors (Lipinski definition) is 4. The number of nitrogens with zero attached hydrogens (tertiary/aromatic N) is 3. The summed E-state index contributed by atoms with van der Waals surface area (Å²) in [4.78, 5) is 12.6. The molecule has 0 aliphatic rings. The minimum atomic E-state index is -0.347. The number of anilines is 1. The van der Waals surface area contributed by atoms with E-state index in [4.69, 9.17) is 11.6 Å². The van der Waals surface area contributed by atoms with Crippen LogP contribution < -0.4 is 5.32 Å². The van der Waals surface area contributed by atoms with E-state index in [1.54, 1.807) is 12.4 Å². The largest absolute Gasteiger partial charge is 0.325 e. The number of aryl methyl sites for hydroxylation is 1. The smallest absolute Gasteiger partial charge is 0.237 e. The van der Waals surface area contributed by atoms with Gasteiger partial charge in [0.05, 0.1) is 10.9 Å². The van der Waals surface area contributed by atoms with Crippen molar-refractivity contribution in [2.45, 2.75) is 31.2 Å². The number of halogens is 1. The fourth-order valence-electron chi connectivity index (χ4n) is 2.49. The van der Waals surface area contributed by atoms with Crippen molar-refractivity contribution in [3.05, 3.63) is 64.9 Å². The van der Waals surface area contributed by atoms with E-state index in [1.165, 1.54) is 11.8 Å². The summed E-state index contributed by atoms with van der Waals surface area (Å²) in [6.45, 7) is 5.75. The molecule has 0 aliphatic heterocycles. The molecule has 1 unspecified atom stereocenters. The zero-order chi connectivity index (χ0) is 18.7. The molecule has 0 radical (unpaired) electrons. The number of carbonyl (C=O) groups is 1. The van der Waals surface area contributed by atoms with Gasteiger partial charge in [-0.2, -0.15) is 0 Å². The van der Waals surface area contributed by atoms with Crippen LogP contribution in [0.2, 0.25) is 5.02 Å². The van der Waals surface area contributed by atoms with Crippen LogP contribution >= 0.6 is 23.4 Å². The third-order valence-electron chi connectivity index (χ3n) is 4.07. The van der Waals surface area contributed by atoms with Gasteiger partial charge < -0.3 is 5.32 Å². The summed E-state index contributed by atoms with van der Waals surface area (Å²) in [6.07, 6.45) is 1.66. The van der Waals surface area contributed by atoms with E-state index in [-0.39, 0.29) is 11.2 Å². The number of rotatable bonds is 5. The molecule has 0 saturated heterocycles. The standard InChI is InChI=1S/C19H19ClN4OS/c1-12-7-4-5-10-17(12)24-11-21-23-19(24)26-14(3)18(25)22-16-9-6-8-15(20)13(16)2/h4-11,14H,1-3H3,(H,22,25). The topological polar surface area (TPSA) is 59.8 Å². The molecule has 5 nitrogen and oxygen atoms in total. The Morgan fingerprint density at radius 1 is 1.19 bits per heavy atom. The van der Waals surface area contributed by atoms with Gasteiger partial charge in [-0.05, 0) is 50.1 Å². The van der Waals surface area contributed by atoms with E-state index < -0.39 is 0 Å². The molecule has 0 spiro atoms. The molecular formula is C19H19ClN4OS. The quantitative estimate of drug-likeness (QED) is 0.648. The molecule has 7 heteroatoms. The number of carbonyl (C=O) groups excluding carboxylic acids is 1. The molecule has 3 aromatic rings. The van der Waals surface area contributed by atoms with Crippen molar-refractivity contribution in [1.82, 2.24) is 14.8 Å². The van der Waals surface area contributed by atoms with Gasteiger partial charge in [-0.25, -0.2) is 0 Å². The monoisotopic (exact) mass is 386 g/mol. The van der Waals surface area contributed by atoms with E-state index in [1.807, 2.05) is 61.7 Å². The molecule has 2 aromatic carbocycles. The van der Waals surface area contributed by atoms with Crippen molar-refractivity contribution in [2.75, 3.05) is 5.32 Å².